The van der Waals surface area contributed by atoms with Crippen molar-refractivity contribution in [1.29, 1.82) is 0 Å². The summed E-state index contributed by atoms with van der Waals surface area (Å²) in [5.74, 6) is 0. The van der Waals surface area contributed by atoms with Crippen LogP contribution in [0.4, 0.5) is 0 Å². The van der Waals surface area contributed by atoms with Gasteiger partial charge in [-0.1, -0.05) is 41.4 Å². The van der Waals surface area contributed by atoms with Crippen LogP contribution in [-0.4, -0.2) is 14.9 Å². The van der Waals surface area contributed by atoms with Crippen molar-refractivity contribution < 1.29 is 5.11 Å². The molecular formula is C17H14Cl2N2O2. The van der Waals surface area contributed by atoms with E-state index in [9.17, 15) is 9.90 Å². The lowest BCUT2D eigenvalue weighted by atomic mass is 10.1. The van der Waals surface area contributed by atoms with Gasteiger partial charge in [-0.25, -0.2) is 4.68 Å². The van der Waals surface area contributed by atoms with E-state index in [1.807, 2.05) is 19.1 Å². The van der Waals surface area contributed by atoms with Crippen LogP contribution in [0.1, 0.15) is 17.4 Å². The zero-order valence-corrected chi connectivity index (χ0v) is 13.8. The molecule has 118 valence electrons. The molecule has 0 bridgehead atoms. The molecule has 0 aliphatic rings. The fraction of sp³-hybridized carbons (Fsp3) is 0.176. The van der Waals surface area contributed by atoms with Crippen LogP contribution in [0.5, 0.6) is 0 Å². The van der Waals surface area contributed by atoms with Crippen LogP contribution in [0.2, 0.25) is 10.0 Å². The molecule has 3 aromatic rings. The Hall–Kier alpha value is -1.88. The number of aromatic nitrogens is 2. The van der Waals surface area contributed by atoms with Crippen molar-refractivity contribution in [3.8, 4) is 0 Å². The number of rotatable bonds is 3. The van der Waals surface area contributed by atoms with E-state index in [2.05, 4.69) is 5.10 Å². The fourth-order valence-electron chi connectivity index (χ4n) is 2.56. The molecule has 23 heavy (non-hydrogen) atoms. The first-order chi connectivity index (χ1) is 11.0. The maximum absolute atomic E-state index is 12.5. The van der Waals surface area contributed by atoms with Crippen LogP contribution in [0.3, 0.4) is 0 Å². The summed E-state index contributed by atoms with van der Waals surface area (Å²) in [6.45, 7) is 1.83. The largest absolute Gasteiger partial charge is 0.386 e. The third kappa shape index (κ3) is 3.11. The van der Waals surface area contributed by atoms with E-state index in [1.165, 1.54) is 4.68 Å². The zero-order chi connectivity index (χ0) is 16.6. The molecular weight excluding hydrogens is 335 g/mol. The highest BCUT2D eigenvalue weighted by Gasteiger charge is 2.16. The van der Waals surface area contributed by atoms with E-state index in [-0.39, 0.29) is 12.1 Å². The molecule has 4 nitrogen and oxygen atoms in total. The smallest absolute Gasteiger partial charge is 0.274 e. The van der Waals surface area contributed by atoms with Gasteiger partial charge in [0.05, 0.1) is 17.6 Å². The molecule has 0 fully saturated rings. The predicted molar refractivity (Wildman–Crippen MR) is 92.2 cm³/mol. The van der Waals surface area contributed by atoms with Crippen molar-refractivity contribution in [2.75, 3.05) is 0 Å². The predicted octanol–water partition coefficient (Wildman–Crippen LogP) is 3.75. The van der Waals surface area contributed by atoms with Crippen molar-refractivity contribution in [1.82, 2.24) is 9.78 Å². The van der Waals surface area contributed by atoms with Crippen molar-refractivity contribution in [2.45, 2.75) is 19.6 Å². The van der Waals surface area contributed by atoms with Gasteiger partial charge in [0.25, 0.3) is 5.56 Å². The van der Waals surface area contributed by atoms with E-state index in [4.69, 9.17) is 23.2 Å². The van der Waals surface area contributed by atoms with Crippen LogP contribution in [0.25, 0.3) is 10.8 Å². The van der Waals surface area contributed by atoms with E-state index in [0.29, 0.717) is 21.0 Å². The van der Waals surface area contributed by atoms with E-state index in [1.54, 1.807) is 30.3 Å². The number of aliphatic hydroxyl groups is 1. The molecule has 0 aliphatic heterocycles. The van der Waals surface area contributed by atoms with E-state index >= 15 is 0 Å². The Bertz CT molecular complexity index is 938. The maximum atomic E-state index is 12.5. The second kappa shape index (κ2) is 6.32. The van der Waals surface area contributed by atoms with Crippen LogP contribution in [0.15, 0.2) is 47.3 Å². The van der Waals surface area contributed by atoms with Crippen molar-refractivity contribution >= 4 is 34.0 Å². The summed E-state index contributed by atoms with van der Waals surface area (Å²) in [6, 6.07) is 12.1. The number of hydrogen-bond acceptors (Lipinski definition) is 3. The summed E-state index contributed by atoms with van der Waals surface area (Å²) in [5, 5.41) is 17.0. The quantitative estimate of drug-likeness (QED) is 0.784. The average molecular weight is 349 g/mol. The Morgan fingerprint density at radius 1 is 1.17 bits per heavy atom. The lowest BCUT2D eigenvalue weighted by molar-refractivity contribution is 0.149. The van der Waals surface area contributed by atoms with Gasteiger partial charge < -0.3 is 5.11 Å². The van der Waals surface area contributed by atoms with Gasteiger partial charge >= 0.3 is 0 Å². The summed E-state index contributed by atoms with van der Waals surface area (Å²) in [7, 11) is 0. The lowest BCUT2D eigenvalue weighted by Gasteiger charge is -2.15. The van der Waals surface area contributed by atoms with Gasteiger partial charge in [-0.2, -0.15) is 5.10 Å². The monoisotopic (exact) mass is 348 g/mol. The molecule has 0 aliphatic carbocycles. The minimum absolute atomic E-state index is 0.00453. The first-order valence-electron chi connectivity index (χ1n) is 7.07. The lowest BCUT2D eigenvalue weighted by Crippen LogP contribution is -2.27. The highest BCUT2D eigenvalue weighted by Crippen LogP contribution is 2.27. The molecule has 3 rings (SSSR count). The first-order valence-corrected chi connectivity index (χ1v) is 7.82. The number of aliphatic hydroxyl groups excluding tert-OH is 1. The number of fused-ring (bicyclic) bond motifs is 1. The topological polar surface area (TPSA) is 55.1 Å². The molecule has 0 saturated carbocycles. The molecule has 1 aromatic heterocycles. The second-order valence-electron chi connectivity index (χ2n) is 5.30. The molecule has 0 saturated heterocycles. The number of halogens is 2. The molecule has 1 heterocycles. The molecule has 0 amide bonds. The fourth-order valence-corrected chi connectivity index (χ4v) is 2.98. The Labute approximate surface area is 142 Å². The van der Waals surface area contributed by atoms with Crippen molar-refractivity contribution in [2.24, 2.45) is 0 Å². The minimum Gasteiger partial charge on any atom is -0.386 e. The molecule has 1 unspecified atom stereocenters. The zero-order valence-electron chi connectivity index (χ0n) is 12.3. The Balaban J connectivity index is 2.03. The minimum atomic E-state index is -0.980. The van der Waals surface area contributed by atoms with Gasteiger partial charge in [-0.3, -0.25) is 4.79 Å². The van der Waals surface area contributed by atoms with Crippen LogP contribution >= 0.6 is 23.2 Å². The number of aryl methyl sites for hydroxylation is 1. The average Bonchev–Trinajstić information content (AvgIpc) is 2.54. The van der Waals surface area contributed by atoms with Gasteiger partial charge in [0.2, 0.25) is 0 Å². The van der Waals surface area contributed by atoms with Gasteiger partial charge in [0, 0.05) is 21.0 Å². The van der Waals surface area contributed by atoms with E-state index in [0.717, 1.165) is 11.1 Å². The number of hydrogen-bond donors (Lipinski definition) is 1. The van der Waals surface area contributed by atoms with E-state index < -0.39 is 6.10 Å². The van der Waals surface area contributed by atoms with Gasteiger partial charge in [0.1, 0.15) is 6.10 Å². The Kier molecular flexibility index (Phi) is 4.39. The normalized spacial score (nSPS) is 12.5. The maximum Gasteiger partial charge on any atom is 0.274 e. The molecule has 0 radical (unpaired) electrons. The highest BCUT2D eigenvalue weighted by molar-refractivity contribution is 6.33. The van der Waals surface area contributed by atoms with Gasteiger partial charge in [0.15, 0.2) is 0 Å². The first kappa shape index (κ1) is 16.0. The molecule has 1 atom stereocenters. The third-order valence-electron chi connectivity index (χ3n) is 3.72. The number of benzene rings is 2. The van der Waals surface area contributed by atoms with Gasteiger partial charge in [-0.15, -0.1) is 0 Å². The summed E-state index contributed by atoms with van der Waals surface area (Å²) in [5.41, 5.74) is 0.951. The third-order valence-corrected chi connectivity index (χ3v) is 4.29. The van der Waals surface area contributed by atoms with Crippen molar-refractivity contribution in [3.05, 3.63) is 74.1 Å². The second-order valence-corrected chi connectivity index (χ2v) is 6.14. The van der Waals surface area contributed by atoms with Crippen LogP contribution in [-0.2, 0) is 6.54 Å². The number of nitrogens with zero attached hydrogens (tertiary/aromatic N) is 2. The summed E-state index contributed by atoms with van der Waals surface area (Å²) < 4.78 is 1.26. The summed E-state index contributed by atoms with van der Waals surface area (Å²) in [4.78, 5) is 12.5. The molecule has 0 spiro atoms. The molecule has 2 aromatic carbocycles. The van der Waals surface area contributed by atoms with Crippen LogP contribution in [0, 0.1) is 6.92 Å². The summed E-state index contributed by atoms with van der Waals surface area (Å²) >= 11 is 12.0. The van der Waals surface area contributed by atoms with Crippen LogP contribution < -0.4 is 5.56 Å². The standard InChI is InChI=1S/C17H14Cl2N2O2/c1-10-12-4-2-3-5-13(12)17(23)21(20-10)9-16(22)14-8-11(18)6-7-15(14)19/h2-8,16,22H,9H2,1H3. The SMILES string of the molecule is Cc1nn(CC(O)c2cc(Cl)ccc2Cl)c(=O)c2ccccc12. The summed E-state index contributed by atoms with van der Waals surface area (Å²) in [6.07, 6.45) is -0.980. The Morgan fingerprint density at radius 3 is 2.61 bits per heavy atom. The highest BCUT2D eigenvalue weighted by atomic mass is 35.5. The van der Waals surface area contributed by atoms with Gasteiger partial charge in [-0.05, 0) is 31.2 Å². The molecule has 6 heteroatoms. The molecule has 1 N–H and O–H groups in total. The Morgan fingerprint density at radius 2 is 1.87 bits per heavy atom. The van der Waals surface area contributed by atoms with Crippen molar-refractivity contribution in [3.63, 3.8) is 0 Å².